The lowest BCUT2D eigenvalue weighted by Crippen LogP contribution is -2.35. The molecule has 1 amide bonds. The molecule has 1 aliphatic rings. The molecule has 0 radical (unpaired) electrons. The Kier molecular flexibility index (Phi) is 5.01. The van der Waals surface area contributed by atoms with Crippen LogP contribution in [-0.2, 0) is 6.54 Å². The van der Waals surface area contributed by atoms with E-state index in [0.29, 0.717) is 33.1 Å². The van der Waals surface area contributed by atoms with Crippen LogP contribution >= 0.6 is 11.6 Å². The SMILES string of the molecule is O=C(O)c1nn(-c2ccc(Cl)cc2)c2c1CN(C(=O)O)C/C2=C\c1ccc(F)cc1. The van der Waals surface area contributed by atoms with Crippen molar-refractivity contribution < 1.29 is 24.2 Å². The van der Waals surface area contributed by atoms with Crippen LogP contribution in [0.15, 0.2) is 48.5 Å². The van der Waals surface area contributed by atoms with Gasteiger partial charge in [-0.3, -0.25) is 4.90 Å². The number of aromatic nitrogens is 2. The van der Waals surface area contributed by atoms with Gasteiger partial charge in [0.1, 0.15) is 5.82 Å². The van der Waals surface area contributed by atoms with E-state index in [4.69, 9.17) is 11.6 Å². The maximum Gasteiger partial charge on any atom is 0.407 e. The Morgan fingerprint density at radius 3 is 2.30 bits per heavy atom. The van der Waals surface area contributed by atoms with E-state index < -0.39 is 17.9 Å². The molecule has 1 aromatic heterocycles. The summed E-state index contributed by atoms with van der Waals surface area (Å²) in [5.41, 5.74) is 2.33. The van der Waals surface area contributed by atoms with Gasteiger partial charge in [-0.15, -0.1) is 0 Å². The average molecular weight is 428 g/mol. The molecule has 2 aromatic carbocycles. The van der Waals surface area contributed by atoms with Crippen molar-refractivity contribution in [3.63, 3.8) is 0 Å². The molecule has 0 fully saturated rings. The number of nitrogens with zero attached hydrogens (tertiary/aromatic N) is 3. The summed E-state index contributed by atoms with van der Waals surface area (Å²) in [6.07, 6.45) is 0.522. The molecule has 0 unspecified atom stereocenters. The number of amides is 1. The topological polar surface area (TPSA) is 95.7 Å². The van der Waals surface area contributed by atoms with Crippen LogP contribution in [0.5, 0.6) is 0 Å². The number of rotatable bonds is 3. The zero-order valence-electron chi connectivity index (χ0n) is 15.4. The monoisotopic (exact) mass is 427 g/mol. The van der Waals surface area contributed by atoms with Crippen LogP contribution in [0.25, 0.3) is 17.3 Å². The zero-order chi connectivity index (χ0) is 21.4. The summed E-state index contributed by atoms with van der Waals surface area (Å²) >= 11 is 5.96. The highest BCUT2D eigenvalue weighted by Gasteiger charge is 2.33. The van der Waals surface area contributed by atoms with E-state index in [9.17, 15) is 24.2 Å². The van der Waals surface area contributed by atoms with Gasteiger partial charge in [0.25, 0.3) is 0 Å². The Hall–Kier alpha value is -3.65. The maximum atomic E-state index is 13.3. The first-order chi connectivity index (χ1) is 14.3. The first-order valence-corrected chi connectivity index (χ1v) is 9.27. The maximum absolute atomic E-state index is 13.3. The highest BCUT2D eigenvalue weighted by molar-refractivity contribution is 6.30. The second kappa shape index (κ2) is 7.64. The van der Waals surface area contributed by atoms with Crippen molar-refractivity contribution in [2.45, 2.75) is 6.54 Å². The van der Waals surface area contributed by atoms with Gasteiger partial charge >= 0.3 is 12.1 Å². The summed E-state index contributed by atoms with van der Waals surface area (Å²) in [5, 5.41) is 23.9. The number of hydrogen-bond acceptors (Lipinski definition) is 3. The van der Waals surface area contributed by atoms with Crippen molar-refractivity contribution in [2.75, 3.05) is 6.54 Å². The standard InChI is InChI=1S/C21H15ClFN3O4/c22-14-3-7-16(8-4-14)26-19-13(9-12-1-5-15(23)6-2-12)10-25(21(29)30)11-17(19)18(24-26)20(27)28/h1-9H,10-11H2,(H,27,28)(H,29,30)/b13-9+. The summed E-state index contributed by atoms with van der Waals surface area (Å²) in [4.78, 5) is 24.6. The van der Waals surface area contributed by atoms with Crippen molar-refractivity contribution in [2.24, 2.45) is 0 Å². The van der Waals surface area contributed by atoms with Crippen molar-refractivity contribution in [3.8, 4) is 5.69 Å². The fourth-order valence-electron chi connectivity index (χ4n) is 3.41. The summed E-state index contributed by atoms with van der Waals surface area (Å²) in [6, 6.07) is 12.4. The second-order valence-electron chi connectivity index (χ2n) is 6.73. The minimum atomic E-state index is -1.26. The van der Waals surface area contributed by atoms with Gasteiger partial charge in [-0.1, -0.05) is 23.7 Å². The van der Waals surface area contributed by atoms with E-state index in [1.807, 2.05) is 0 Å². The lowest BCUT2D eigenvalue weighted by atomic mass is 9.98. The fourth-order valence-corrected chi connectivity index (χ4v) is 3.53. The molecule has 9 heteroatoms. The Balaban J connectivity index is 1.95. The van der Waals surface area contributed by atoms with Crippen LogP contribution in [0.3, 0.4) is 0 Å². The molecule has 152 valence electrons. The largest absolute Gasteiger partial charge is 0.476 e. The van der Waals surface area contributed by atoms with Crippen LogP contribution in [0.4, 0.5) is 9.18 Å². The van der Waals surface area contributed by atoms with E-state index in [-0.39, 0.29) is 18.8 Å². The molecule has 2 N–H and O–H groups in total. The van der Waals surface area contributed by atoms with Crippen LogP contribution in [0.1, 0.15) is 27.3 Å². The lowest BCUT2D eigenvalue weighted by Gasteiger charge is -2.27. The molecule has 7 nitrogen and oxygen atoms in total. The van der Waals surface area contributed by atoms with E-state index in [1.165, 1.54) is 16.8 Å². The molecule has 1 aliphatic heterocycles. The third-order valence-electron chi connectivity index (χ3n) is 4.75. The fraction of sp³-hybridized carbons (Fsp3) is 0.0952. The number of hydrogen-bond donors (Lipinski definition) is 2. The third-order valence-corrected chi connectivity index (χ3v) is 5.01. The highest BCUT2D eigenvalue weighted by atomic mass is 35.5. The Morgan fingerprint density at radius 2 is 1.70 bits per heavy atom. The van der Waals surface area contributed by atoms with Crippen LogP contribution in [0, 0.1) is 5.82 Å². The average Bonchev–Trinajstić information content (AvgIpc) is 3.10. The summed E-state index contributed by atoms with van der Waals surface area (Å²) in [5.74, 6) is -1.65. The molecule has 0 saturated heterocycles. The smallest absolute Gasteiger partial charge is 0.407 e. The predicted molar refractivity (Wildman–Crippen MR) is 108 cm³/mol. The van der Waals surface area contributed by atoms with Gasteiger partial charge in [-0.25, -0.2) is 18.7 Å². The number of carboxylic acid groups (broad SMARTS) is 2. The number of carboxylic acids is 1. The number of carbonyl (C=O) groups is 2. The number of halogens is 2. The highest BCUT2D eigenvalue weighted by Crippen LogP contribution is 2.34. The summed E-state index contributed by atoms with van der Waals surface area (Å²) < 4.78 is 14.8. The Labute approximate surface area is 175 Å². The normalized spacial score (nSPS) is 14.6. The van der Waals surface area contributed by atoms with Gasteiger partial charge < -0.3 is 10.2 Å². The molecule has 0 atom stereocenters. The van der Waals surface area contributed by atoms with Crippen LogP contribution in [-0.4, -0.2) is 43.5 Å². The second-order valence-corrected chi connectivity index (χ2v) is 7.17. The number of aromatic carboxylic acids is 1. The van der Waals surface area contributed by atoms with Gasteiger partial charge in [0.05, 0.1) is 24.5 Å². The molecular weight excluding hydrogens is 413 g/mol. The van der Waals surface area contributed by atoms with E-state index >= 15 is 0 Å². The van der Waals surface area contributed by atoms with Gasteiger partial charge in [-0.2, -0.15) is 5.10 Å². The Morgan fingerprint density at radius 1 is 1.03 bits per heavy atom. The first-order valence-electron chi connectivity index (χ1n) is 8.89. The van der Waals surface area contributed by atoms with Crippen molar-refractivity contribution in [3.05, 3.63) is 81.9 Å². The lowest BCUT2D eigenvalue weighted by molar-refractivity contribution is 0.0686. The minimum Gasteiger partial charge on any atom is -0.476 e. The summed E-state index contributed by atoms with van der Waals surface area (Å²) in [7, 11) is 0. The van der Waals surface area contributed by atoms with E-state index in [2.05, 4.69) is 5.10 Å². The third kappa shape index (κ3) is 3.65. The van der Waals surface area contributed by atoms with Crippen LogP contribution in [0.2, 0.25) is 5.02 Å². The molecule has 0 saturated carbocycles. The van der Waals surface area contributed by atoms with Crippen LogP contribution < -0.4 is 0 Å². The molecule has 3 aromatic rings. The molecule has 0 aliphatic carbocycles. The van der Waals surface area contributed by atoms with Crippen molar-refractivity contribution in [1.29, 1.82) is 0 Å². The van der Waals surface area contributed by atoms with Gasteiger partial charge in [0, 0.05) is 10.6 Å². The molecular formula is C21H15ClFN3O4. The minimum absolute atomic E-state index is 0.0258. The zero-order valence-corrected chi connectivity index (χ0v) is 16.2. The van der Waals surface area contributed by atoms with Crippen molar-refractivity contribution in [1.82, 2.24) is 14.7 Å². The van der Waals surface area contributed by atoms with Gasteiger partial charge in [0.15, 0.2) is 5.69 Å². The molecule has 0 bridgehead atoms. The number of benzene rings is 2. The summed E-state index contributed by atoms with van der Waals surface area (Å²) in [6.45, 7) is -0.0846. The molecule has 30 heavy (non-hydrogen) atoms. The van der Waals surface area contributed by atoms with E-state index in [0.717, 1.165) is 4.90 Å². The van der Waals surface area contributed by atoms with Gasteiger partial charge in [-0.05, 0) is 53.6 Å². The molecule has 4 rings (SSSR count). The molecule has 0 spiro atoms. The number of fused-ring (bicyclic) bond motifs is 1. The van der Waals surface area contributed by atoms with E-state index in [1.54, 1.807) is 42.5 Å². The van der Waals surface area contributed by atoms with Crippen molar-refractivity contribution >= 4 is 35.3 Å². The van der Waals surface area contributed by atoms with Gasteiger partial charge in [0.2, 0.25) is 0 Å². The predicted octanol–water partition coefficient (Wildman–Crippen LogP) is 4.40. The quantitative estimate of drug-likeness (QED) is 0.646. The molecule has 2 heterocycles. The Bertz CT molecular complexity index is 1170. The first kappa shape index (κ1) is 19.7.